The summed E-state index contributed by atoms with van der Waals surface area (Å²) in [5.74, 6) is 0.308. The molecule has 2 amide bonds. The van der Waals surface area contributed by atoms with Gasteiger partial charge in [-0.25, -0.2) is 0 Å². The normalized spacial score (nSPS) is 14.9. The van der Waals surface area contributed by atoms with Crippen molar-refractivity contribution in [1.29, 1.82) is 0 Å². The zero-order valence-corrected chi connectivity index (χ0v) is 20.7. The molecule has 7 heteroatoms. The molecular weight excluding hydrogens is 559 g/mol. The highest BCUT2D eigenvalue weighted by Gasteiger charge is 2.28. The second kappa shape index (κ2) is 11.1. The van der Waals surface area contributed by atoms with Crippen molar-refractivity contribution in [3.63, 3.8) is 0 Å². The van der Waals surface area contributed by atoms with Gasteiger partial charge in [0.2, 0.25) is 5.91 Å². The van der Waals surface area contributed by atoms with Gasteiger partial charge in [0.15, 0.2) is 6.61 Å². The van der Waals surface area contributed by atoms with Gasteiger partial charge in [-0.2, -0.15) is 0 Å². The summed E-state index contributed by atoms with van der Waals surface area (Å²) in [5, 5.41) is 3.11. The number of amides is 2. The van der Waals surface area contributed by atoms with Gasteiger partial charge < -0.3 is 15.0 Å². The van der Waals surface area contributed by atoms with Crippen LogP contribution in [0.5, 0.6) is 5.75 Å². The Labute approximate surface area is 199 Å². The third kappa shape index (κ3) is 6.70. The van der Waals surface area contributed by atoms with Crippen LogP contribution in [-0.2, 0) is 16.1 Å². The molecule has 3 rings (SSSR count). The van der Waals surface area contributed by atoms with Gasteiger partial charge in [-0.1, -0.05) is 40.9 Å². The first-order valence-corrected chi connectivity index (χ1v) is 12.0. The molecule has 0 aliphatic heterocycles. The molecule has 0 radical (unpaired) electrons. The van der Waals surface area contributed by atoms with Crippen LogP contribution in [0.4, 0.5) is 0 Å². The van der Waals surface area contributed by atoms with Crippen LogP contribution in [0, 0.1) is 3.57 Å². The minimum Gasteiger partial charge on any atom is -0.484 e. The minimum absolute atomic E-state index is 0.110. The smallest absolute Gasteiger partial charge is 0.261 e. The second-order valence-corrected chi connectivity index (χ2v) is 9.72. The van der Waals surface area contributed by atoms with E-state index in [9.17, 15) is 9.59 Å². The summed E-state index contributed by atoms with van der Waals surface area (Å²) in [6, 6.07) is 14.9. The highest BCUT2D eigenvalue weighted by molar-refractivity contribution is 14.1. The van der Waals surface area contributed by atoms with E-state index in [-0.39, 0.29) is 24.5 Å². The van der Waals surface area contributed by atoms with Crippen molar-refractivity contribution in [1.82, 2.24) is 10.2 Å². The standard InChI is InChI=1S/C23H26BrIN2O3/c1-16(23(29)26-20-4-2-3-5-20)27(14-17-6-8-18(24)9-7-17)22(28)15-30-21-12-10-19(25)11-13-21/h6-13,16,20H,2-5,14-15H2,1H3,(H,26,29)/t16-/m0/s1. The van der Waals surface area contributed by atoms with E-state index in [1.807, 2.05) is 48.5 Å². The maximum Gasteiger partial charge on any atom is 0.261 e. The maximum atomic E-state index is 13.0. The topological polar surface area (TPSA) is 58.6 Å². The van der Waals surface area contributed by atoms with Gasteiger partial charge in [0.25, 0.3) is 5.91 Å². The fourth-order valence-corrected chi connectivity index (χ4v) is 4.14. The number of carbonyl (C=O) groups excluding carboxylic acids is 2. The monoisotopic (exact) mass is 584 g/mol. The Morgan fingerprint density at radius 2 is 1.77 bits per heavy atom. The molecule has 1 aliphatic carbocycles. The van der Waals surface area contributed by atoms with E-state index >= 15 is 0 Å². The Morgan fingerprint density at radius 3 is 2.40 bits per heavy atom. The molecule has 0 heterocycles. The number of benzene rings is 2. The number of hydrogen-bond acceptors (Lipinski definition) is 3. The van der Waals surface area contributed by atoms with Crippen molar-refractivity contribution in [3.05, 3.63) is 62.1 Å². The first kappa shape index (κ1) is 23.1. The molecule has 1 saturated carbocycles. The summed E-state index contributed by atoms with van der Waals surface area (Å²) in [6.45, 7) is 2.02. The van der Waals surface area contributed by atoms with Gasteiger partial charge in [-0.05, 0) is 84.3 Å². The predicted octanol–water partition coefficient (Wildman–Crippen LogP) is 4.91. The summed E-state index contributed by atoms with van der Waals surface area (Å²) in [7, 11) is 0. The second-order valence-electron chi connectivity index (χ2n) is 7.56. The number of halogens is 2. The lowest BCUT2D eigenvalue weighted by Gasteiger charge is -2.29. The molecule has 0 unspecified atom stereocenters. The van der Waals surface area contributed by atoms with Crippen molar-refractivity contribution in [2.24, 2.45) is 0 Å². The highest BCUT2D eigenvalue weighted by Crippen LogP contribution is 2.19. The van der Waals surface area contributed by atoms with Crippen molar-refractivity contribution < 1.29 is 14.3 Å². The first-order valence-electron chi connectivity index (χ1n) is 10.1. The molecule has 2 aromatic carbocycles. The minimum atomic E-state index is -0.581. The average Bonchev–Trinajstić information content (AvgIpc) is 3.25. The molecule has 1 fully saturated rings. The molecule has 1 N–H and O–H groups in total. The summed E-state index contributed by atoms with van der Waals surface area (Å²) < 4.78 is 7.76. The summed E-state index contributed by atoms with van der Waals surface area (Å²) in [5.41, 5.74) is 0.960. The first-order chi connectivity index (χ1) is 14.4. The Bertz CT molecular complexity index is 852. The van der Waals surface area contributed by atoms with E-state index in [1.54, 1.807) is 11.8 Å². The van der Waals surface area contributed by atoms with Gasteiger partial charge in [-0.15, -0.1) is 0 Å². The lowest BCUT2D eigenvalue weighted by Crippen LogP contribution is -2.50. The summed E-state index contributed by atoms with van der Waals surface area (Å²) in [6.07, 6.45) is 4.31. The molecule has 0 aromatic heterocycles. The third-order valence-corrected chi connectivity index (χ3v) is 6.56. The van der Waals surface area contributed by atoms with Gasteiger partial charge in [0.05, 0.1) is 0 Å². The largest absolute Gasteiger partial charge is 0.484 e. The van der Waals surface area contributed by atoms with Crippen molar-refractivity contribution >= 4 is 50.3 Å². The van der Waals surface area contributed by atoms with E-state index in [0.717, 1.165) is 39.3 Å². The van der Waals surface area contributed by atoms with E-state index < -0.39 is 6.04 Å². The number of nitrogens with zero attached hydrogens (tertiary/aromatic N) is 1. The molecule has 0 spiro atoms. The van der Waals surface area contributed by atoms with Crippen LogP contribution in [0.15, 0.2) is 53.0 Å². The van der Waals surface area contributed by atoms with Crippen LogP contribution in [0.1, 0.15) is 38.2 Å². The highest BCUT2D eigenvalue weighted by atomic mass is 127. The van der Waals surface area contributed by atoms with Crippen LogP contribution in [0.2, 0.25) is 0 Å². The lowest BCUT2D eigenvalue weighted by atomic mass is 10.1. The van der Waals surface area contributed by atoms with E-state index in [0.29, 0.717) is 12.3 Å². The Balaban J connectivity index is 1.69. The number of rotatable bonds is 8. The van der Waals surface area contributed by atoms with Gasteiger partial charge in [0, 0.05) is 20.6 Å². The SMILES string of the molecule is C[C@@H](C(=O)NC1CCCC1)N(Cc1ccc(Br)cc1)C(=O)COc1ccc(I)cc1. The molecular formula is C23H26BrIN2O3. The molecule has 160 valence electrons. The summed E-state index contributed by atoms with van der Waals surface area (Å²) >= 11 is 5.65. The zero-order chi connectivity index (χ0) is 21.5. The Kier molecular flexibility index (Phi) is 8.56. The zero-order valence-electron chi connectivity index (χ0n) is 16.9. The number of hydrogen-bond donors (Lipinski definition) is 1. The van der Waals surface area contributed by atoms with Crippen LogP contribution in [0.3, 0.4) is 0 Å². The fourth-order valence-electron chi connectivity index (χ4n) is 3.52. The maximum absolute atomic E-state index is 13.0. The van der Waals surface area contributed by atoms with E-state index in [1.165, 1.54) is 0 Å². The molecule has 5 nitrogen and oxygen atoms in total. The molecule has 1 aliphatic rings. The fraction of sp³-hybridized carbons (Fsp3) is 0.391. The number of carbonyl (C=O) groups is 2. The number of ether oxygens (including phenoxy) is 1. The van der Waals surface area contributed by atoms with Crippen LogP contribution in [0.25, 0.3) is 0 Å². The van der Waals surface area contributed by atoms with Gasteiger partial charge in [-0.3, -0.25) is 9.59 Å². The molecule has 0 bridgehead atoms. The van der Waals surface area contributed by atoms with E-state index in [2.05, 4.69) is 43.8 Å². The van der Waals surface area contributed by atoms with Crippen molar-refractivity contribution in [2.45, 2.75) is 51.2 Å². The van der Waals surface area contributed by atoms with Crippen molar-refractivity contribution in [3.8, 4) is 5.75 Å². The number of nitrogens with one attached hydrogen (secondary N) is 1. The van der Waals surface area contributed by atoms with E-state index in [4.69, 9.17) is 4.74 Å². The Morgan fingerprint density at radius 1 is 1.13 bits per heavy atom. The molecule has 2 aromatic rings. The summed E-state index contributed by atoms with van der Waals surface area (Å²) in [4.78, 5) is 27.5. The van der Waals surface area contributed by atoms with Crippen molar-refractivity contribution in [2.75, 3.05) is 6.61 Å². The molecule has 30 heavy (non-hydrogen) atoms. The quantitative estimate of drug-likeness (QED) is 0.449. The van der Waals surface area contributed by atoms with Crippen LogP contribution >= 0.6 is 38.5 Å². The Hall–Kier alpha value is -1.61. The molecule has 0 saturated heterocycles. The van der Waals surface area contributed by atoms with Crippen LogP contribution < -0.4 is 10.1 Å². The molecule has 1 atom stereocenters. The predicted molar refractivity (Wildman–Crippen MR) is 129 cm³/mol. The van der Waals surface area contributed by atoms with Gasteiger partial charge in [0.1, 0.15) is 11.8 Å². The third-order valence-electron chi connectivity index (χ3n) is 5.31. The average molecular weight is 585 g/mol. The van der Waals surface area contributed by atoms with Gasteiger partial charge >= 0.3 is 0 Å². The lowest BCUT2D eigenvalue weighted by molar-refractivity contribution is -0.142. The van der Waals surface area contributed by atoms with Crippen LogP contribution in [-0.4, -0.2) is 35.4 Å².